The molecule has 0 aliphatic heterocycles. The molecule has 0 bridgehead atoms. The second-order valence-corrected chi connectivity index (χ2v) is 8.66. The predicted molar refractivity (Wildman–Crippen MR) is 135 cm³/mol. The summed E-state index contributed by atoms with van der Waals surface area (Å²) in [5.74, 6) is 0.668. The van der Waals surface area contributed by atoms with Gasteiger partial charge in [-0.05, 0) is 41.0 Å². The van der Waals surface area contributed by atoms with Crippen LogP contribution in [0.3, 0.4) is 0 Å². The maximum atomic E-state index is 13.7. The summed E-state index contributed by atoms with van der Waals surface area (Å²) in [6.07, 6.45) is 0. The fourth-order valence-corrected chi connectivity index (χ4v) is 4.67. The largest absolute Gasteiger partial charge is 0.497 e. The molecular formula is C28H22N2O2S. The van der Waals surface area contributed by atoms with Crippen molar-refractivity contribution in [1.29, 1.82) is 0 Å². The average molecular weight is 451 g/mol. The Hall–Kier alpha value is -3.96. The topological polar surface area (TPSA) is 42.4 Å². The number of carbonyl (C=O) groups is 1. The van der Waals surface area contributed by atoms with Gasteiger partial charge >= 0.3 is 0 Å². The monoisotopic (exact) mass is 450 g/mol. The van der Waals surface area contributed by atoms with Crippen LogP contribution in [-0.4, -0.2) is 18.0 Å². The number of rotatable bonds is 6. The number of fused-ring (bicyclic) bond motifs is 1. The Balaban J connectivity index is 1.50. The zero-order valence-corrected chi connectivity index (χ0v) is 19.0. The number of aromatic nitrogens is 1. The van der Waals surface area contributed by atoms with E-state index in [0.717, 1.165) is 32.7 Å². The van der Waals surface area contributed by atoms with Crippen molar-refractivity contribution >= 4 is 32.6 Å². The molecule has 0 fully saturated rings. The fourth-order valence-electron chi connectivity index (χ4n) is 3.72. The van der Waals surface area contributed by atoms with Gasteiger partial charge in [0.15, 0.2) is 5.13 Å². The van der Waals surface area contributed by atoms with Crippen LogP contribution in [-0.2, 0) is 6.54 Å². The number of thiazole rings is 1. The Kier molecular flexibility index (Phi) is 5.87. The molecule has 0 spiro atoms. The number of hydrogen-bond acceptors (Lipinski definition) is 4. The minimum absolute atomic E-state index is 0.0792. The molecule has 0 N–H and O–H groups in total. The van der Waals surface area contributed by atoms with Gasteiger partial charge in [0.2, 0.25) is 0 Å². The third-order valence-electron chi connectivity index (χ3n) is 5.48. The van der Waals surface area contributed by atoms with E-state index in [2.05, 4.69) is 12.1 Å². The molecule has 4 aromatic carbocycles. The number of anilines is 1. The molecule has 5 aromatic rings. The van der Waals surface area contributed by atoms with Crippen LogP contribution in [0.4, 0.5) is 5.13 Å². The third-order valence-corrected chi connectivity index (χ3v) is 6.54. The molecule has 162 valence electrons. The molecular weight excluding hydrogens is 428 g/mol. The predicted octanol–water partition coefficient (Wildman–Crippen LogP) is 6.82. The SMILES string of the molecule is COc1ccc2sc(N(Cc3ccccc3)C(=O)c3ccc(-c4ccccc4)cc3)nc2c1. The molecule has 4 nitrogen and oxygen atoms in total. The van der Waals surface area contributed by atoms with Gasteiger partial charge in [-0.2, -0.15) is 0 Å². The second-order valence-electron chi connectivity index (χ2n) is 7.65. The minimum Gasteiger partial charge on any atom is -0.497 e. The molecule has 0 saturated heterocycles. The smallest absolute Gasteiger partial charge is 0.260 e. The summed E-state index contributed by atoms with van der Waals surface area (Å²) in [6, 6.07) is 33.7. The molecule has 5 rings (SSSR count). The van der Waals surface area contributed by atoms with E-state index in [-0.39, 0.29) is 5.91 Å². The summed E-state index contributed by atoms with van der Waals surface area (Å²) in [5.41, 5.74) is 4.69. The Morgan fingerprint density at radius 2 is 1.52 bits per heavy atom. The first kappa shape index (κ1) is 20.9. The third kappa shape index (κ3) is 4.49. The first-order chi connectivity index (χ1) is 16.2. The maximum Gasteiger partial charge on any atom is 0.260 e. The van der Waals surface area contributed by atoms with Crippen molar-refractivity contribution in [1.82, 2.24) is 4.98 Å². The minimum atomic E-state index is -0.0792. The highest BCUT2D eigenvalue weighted by molar-refractivity contribution is 7.22. The normalized spacial score (nSPS) is 10.8. The summed E-state index contributed by atoms with van der Waals surface area (Å²) in [5, 5.41) is 0.666. The lowest BCUT2D eigenvalue weighted by molar-refractivity contribution is 0.0985. The number of ether oxygens (including phenoxy) is 1. The van der Waals surface area contributed by atoms with Gasteiger partial charge in [-0.1, -0.05) is 84.1 Å². The van der Waals surface area contributed by atoms with E-state index in [0.29, 0.717) is 17.2 Å². The van der Waals surface area contributed by atoms with Gasteiger partial charge in [0.05, 0.1) is 23.9 Å². The van der Waals surface area contributed by atoms with Gasteiger partial charge in [0.1, 0.15) is 5.75 Å². The molecule has 0 saturated carbocycles. The maximum absolute atomic E-state index is 13.7. The highest BCUT2D eigenvalue weighted by Gasteiger charge is 2.22. The van der Waals surface area contributed by atoms with Gasteiger partial charge in [-0.25, -0.2) is 4.98 Å². The molecule has 5 heteroatoms. The van der Waals surface area contributed by atoms with Gasteiger partial charge in [-0.15, -0.1) is 0 Å². The Labute approximate surface area is 196 Å². The molecule has 0 unspecified atom stereocenters. The van der Waals surface area contributed by atoms with Crippen LogP contribution in [0.2, 0.25) is 0 Å². The molecule has 0 aliphatic rings. The average Bonchev–Trinajstić information content (AvgIpc) is 3.31. The van der Waals surface area contributed by atoms with E-state index in [1.807, 2.05) is 91.0 Å². The molecule has 1 aromatic heterocycles. The molecule has 0 aliphatic carbocycles. The van der Waals surface area contributed by atoms with Gasteiger partial charge in [0, 0.05) is 11.6 Å². The first-order valence-corrected chi connectivity index (χ1v) is 11.5. The fraction of sp³-hybridized carbons (Fsp3) is 0.0714. The van der Waals surface area contributed by atoms with E-state index in [9.17, 15) is 4.79 Å². The standard InChI is InChI=1S/C28H22N2O2S/c1-32-24-16-17-26-25(18-24)29-28(33-26)30(19-20-8-4-2-5-9-20)27(31)23-14-12-22(13-15-23)21-10-6-3-7-11-21/h2-18H,19H2,1H3. The van der Waals surface area contributed by atoms with Crippen LogP contribution in [0.5, 0.6) is 5.75 Å². The second kappa shape index (κ2) is 9.27. The van der Waals surface area contributed by atoms with Crippen LogP contribution < -0.4 is 9.64 Å². The Morgan fingerprint density at radius 1 is 0.848 bits per heavy atom. The van der Waals surface area contributed by atoms with Crippen molar-refractivity contribution in [3.63, 3.8) is 0 Å². The van der Waals surface area contributed by atoms with Gasteiger partial charge in [-0.3, -0.25) is 9.69 Å². The van der Waals surface area contributed by atoms with E-state index in [1.165, 1.54) is 11.3 Å². The molecule has 1 heterocycles. The van der Waals surface area contributed by atoms with Gasteiger partial charge < -0.3 is 4.74 Å². The number of nitrogens with zero attached hydrogens (tertiary/aromatic N) is 2. The van der Waals surface area contributed by atoms with Crippen molar-refractivity contribution in [3.05, 3.63) is 114 Å². The number of amides is 1. The van der Waals surface area contributed by atoms with Crippen molar-refractivity contribution in [3.8, 4) is 16.9 Å². The summed E-state index contributed by atoms with van der Waals surface area (Å²) in [6.45, 7) is 0.442. The van der Waals surface area contributed by atoms with Crippen LogP contribution >= 0.6 is 11.3 Å². The highest BCUT2D eigenvalue weighted by Crippen LogP contribution is 2.33. The Morgan fingerprint density at radius 3 is 2.21 bits per heavy atom. The van der Waals surface area contributed by atoms with Crippen LogP contribution in [0.25, 0.3) is 21.3 Å². The molecule has 0 atom stereocenters. The molecule has 0 radical (unpaired) electrons. The molecule has 1 amide bonds. The Bertz CT molecular complexity index is 1380. The van der Waals surface area contributed by atoms with Crippen LogP contribution in [0.15, 0.2) is 103 Å². The van der Waals surface area contributed by atoms with Crippen LogP contribution in [0, 0.1) is 0 Å². The summed E-state index contributed by atoms with van der Waals surface area (Å²) in [7, 11) is 1.64. The van der Waals surface area contributed by atoms with E-state index >= 15 is 0 Å². The zero-order chi connectivity index (χ0) is 22.6. The first-order valence-electron chi connectivity index (χ1n) is 10.7. The van der Waals surface area contributed by atoms with E-state index in [4.69, 9.17) is 9.72 Å². The summed E-state index contributed by atoms with van der Waals surface area (Å²) >= 11 is 1.51. The highest BCUT2D eigenvalue weighted by atomic mass is 32.1. The summed E-state index contributed by atoms with van der Waals surface area (Å²) < 4.78 is 6.35. The van der Waals surface area contributed by atoms with E-state index in [1.54, 1.807) is 12.0 Å². The lowest BCUT2D eigenvalue weighted by Crippen LogP contribution is -2.30. The van der Waals surface area contributed by atoms with Crippen LogP contribution in [0.1, 0.15) is 15.9 Å². The number of hydrogen-bond donors (Lipinski definition) is 0. The number of carbonyl (C=O) groups excluding carboxylic acids is 1. The summed E-state index contributed by atoms with van der Waals surface area (Å²) in [4.78, 5) is 20.2. The molecule has 33 heavy (non-hydrogen) atoms. The number of methoxy groups -OCH3 is 1. The lowest BCUT2D eigenvalue weighted by Gasteiger charge is -2.20. The zero-order valence-electron chi connectivity index (χ0n) is 18.1. The van der Waals surface area contributed by atoms with E-state index < -0.39 is 0 Å². The van der Waals surface area contributed by atoms with Crippen molar-refractivity contribution in [2.45, 2.75) is 6.54 Å². The van der Waals surface area contributed by atoms with Gasteiger partial charge in [0.25, 0.3) is 5.91 Å². The van der Waals surface area contributed by atoms with Crippen molar-refractivity contribution in [2.24, 2.45) is 0 Å². The van der Waals surface area contributed by atoms with Crippen molar-refractivity contribution in [2.75, 3.05) is 12.0 Å². The number of benzene rings is 4. The quantitative estimate of drug-likeness (QED) is 0.285. The van der Waals surface area contributed by atoms with Crippen molar-refractivity contribution < 1.29 is 9.53 Å². The lowest BCUT2D eigenvalue weighted by atomic mass is 10.0.